The van der Waals surface area contributed by atoms with Crippen molar-refractivity contribution in [1.82, 2.24) is 14.9 Å². The maximum Gasteiger partial charge on any atom is 0.103 e. The molecule has 0 saturated carbocycles. The van der Waals surface area contributed by atoms with Crippen LogP contribution in [0.5, 0.6) is 0 Å². The van der Waals surface area contributed by atoms with E-state index in [1.54, 1.807) is 0 Å². The Hall–Kier alpha value is -0.870. The molecule has 2 heterocycles. The van der Waals surface area contributed by atoms with Gasteiger partial charge in [-0.25, -0.2) is 4.98 Å². The van der Waals surface area contributed by atoms with Gasteiger partial charge >= 0.3 is 0 Å². The number of H-pyrrole nitrogens is 1. The highest BCUT2D eigenvalue weighted by Crippen LogP contribution is 2.24. The van der Waals surface area contributed by atoms with Gasteiger partial charge in [-0.3, -0.25) is 4.90 Å². The minimum absolute atomic E-state index is 0.297. The summed E-state index contributed by atoms with van der Waals surface area (Å²) in [6, 6.07) is 0.297. The van der Waals surface area contributed by atoms with Gasteiger partial charge in [-0.2, -0.15) is 0 Å². The van der Waals surface area contributed by atoms with Crippen molar-refractivity contribution in [3.8, 4) is 0 Å². The zero-order chi connectivity index (χ0) is 11.5. The average Bonchev–Trinajstić information content (AvgIpc) is 2.61. The van der Waals surface area contributed by atoms with E-state index in [2.05, 4.69) is 21.8 Å². The SMILES string of the molecule is Cc1nc(C(CN)N2CCCCC2)c(C)[nH]1. The van der Waals surface area contributed by atoms with Crippen molar-refractivity contribution in [3.63, 3.8) is 0 Å². The first-order valence-electron chi connectivity index (χ1n) is 6.19. The Morgan fingerprint density at radius 2 is 2.00 bits per heavy atom. The summed E-state index contributed by atoms with van der Waals surface area (Å²) in [5.41, 5.74) is 8.22. The van der Waals surface area contributed by atoms with E-state index in [0.29, 0.717) is 12.6 Å². The highest BCUT2D eigenvalue weighted by molar-refractivity contribution is 5.17. The third kappa shape index (κ3) is 2.28. The zero-order valence-electron chi connectivity index (χ0n) is 10.3. The molecule has 0 radical (unpaired) electrons. The molecule has 0 spiro atoms. The first-order chi connectivity index (χ1) is 7.72. The van der Waals surface area contributed by atoms with Crippen molar-refractivity contribution in [2.45, 2.75) is 39.2 Å². The second kappa shape index (κ2) is 4.97. The molecule has 2 rings (SSSR count). The molecule has 0 aromatic carbocycles. The molecule has 1 atom stereocenters. The predicted molar refractivity (Wildman–Crippen MR) is 65.3 cm³/mol. The molecule has 16 heavy (non-hydrogen) atoms. The second-order valence-electron chi connectivity index (χ2n) is 4.68. The minimum atomic E-state index is 0.297. The van der Waals surface area contributed by atoms with Gasteiger partial charge in [0.25, 0.3) is 0 Å². The van der Waals surface area contributed by atoms with E-state index in [-0.39, 0.29) is 0 Å². The van der Waals surface area contributed by atoms with Gasteiger partial charge in [0.2, 0.25) is 0 Å². The van der Waals surface area contributed by atoms with Crippen LogP contribution >= 0.6 is 0 Å². The molecular weight excluding hydrogens is 200 g/mol. The van der Waals surface area contributed by atoms with Gasteiger partial charge in [-0.05, 0) is 39.8 Å². The molecule has 1 aromatic rings. The highest BCUT2D eigenvalue weighted by atomic mass is 15.2. The lowest BCUT2D eigenvalue weighted by molar-refractivity contribution is 0.164. The van der Waals surface area contributed by atoms with Crippen molar-refractivity contribution in [2.75, 3.05) is 19.6 Å². The fourth-order valence-electron chi connectivity index (χ4n) is 2.62. The minimum Gasteiger partial charge on any atom is -0.346 e. The Balaban J connectivity index is 2.17. The van der Waals surface area contributed by atoms with Gasteiger partial charge in [0.05, 0.1) is 11.7 Å². The van der Waals surface area contributed by atoms with Gasteiger partial charge in [-0.1, -0.05) is 6.42 Å². The average molecular weight is 222 g/mol. The molecule has 1 aliphatic heterocycles. The predicted octanol–water partition coefficient (Wildman–Crippen LogP) is 1.51. The maximum atomic E-state index is 5.92. The quantitative estimate of drug-likeness (QED) is 0.815. The lowest BCUT2D eigenvalue weighted by atomic mass is 10.1. The summed E-state index contributed by atoms with van der Waals surface area (Å²) < 4.78 is 0. The molecular formula is C12H22N4. The van der Waals surface area contributed by atoms with E-state index in [1.165, 1.54) is 25.0 Å². The summed E-state index contributed by atoms with van der Waals surface area (Å²) in [7, 11) is 0. The highest BCUT2D eigenvalue weighted by Gasteiger charge is 2.24. The Morgan fingerprint density at radius 3 is 2.50 bits per heavy atom. The third-order valence-electron chi connectivity index (χ3n) is 3.41. The summed E-state index contributed by atoms with van der Waals surface area (Å²) in [5, 5.41) is 0. The van der Waals surface area contributed by atoms with Crippen molar-refractivity contribution >= 4 is 0 Å². The van der Waals surface area contributed by atoms with Crippen LogP contribution in [0.3, 0.4) is 0 Å². The van der Waals surface area contributed by atoms with Crippen LogP contribution in [0.15, 0.2) is 0 Å². The number of aromatic nitrogens is 2. The van der Waals surface area contributed by atoms with Crippen LogP contribution in [0.25, 0.3) is 0 Å². The van der Waals surface area contributed by atoms with Crippen molar-refractivity contribution < 1.29 is 0 Å². The normalized spacial score (nSPS) is 19.9. The number of hydrogen-bond acceptors (Lipinski definition) is 3. The molecule has 1 unspecified atom stereocenters. The van der Waals surface area contributed by atoms with E-state index in [4.69, 9.17) is 5.73 Å². The van der Waals surface area contributed by atoms with Crippen LogP contribution in [-0.2, 0) is 0 Å². The zero-order valence-corrected chi connectivity index (χ0v) is 10.3. The first kappa shape index (κ1) is 11.6. The number of aromatic amines is 1. The fraction of sp³-hybridized carbons (Fsp3) is 0.750. The van der Waals surface area contributed by atoms with Crippen molar-refractivity contribution in [3.05, 3.63) is 17.2 Å². The number of likely N-dealkylation sites (tertiary alicyclic amines) is 1. The molecule has 4 nitrogen and oxygen atoms in total. The summed E-state index contributed by atoms with van der Waals surface area (Å²) >= 11 is 0. The largest absolute Gasteiger partial charge is 0.346 e. The number of aryl methyl sites for hydroxylation is 2. The van der Waals surface area contributed by atoms with E-state index in [1.807, 2.05) is 6.92 Å². The number of nitrogens with two attached hydrogens (primary N) is 1. The van der Waals surface area contributed by atoms with E-state index < -0.39 is 0 Å². The molecule has 0 amide bonds. The van der Waals surface area contributed by atoms with Crippen LogP contribution in [0.1, 0.15) is 42.5 Å². The van der Waals surface area contributed by atoms with Crippen LogP contribution in [0.2, 0.25) is 0 Å². The van der Waals surface area contributed by atoms with Crippen LogP contribution in [0, 0.1) is 13.8 Å². The third-order valence-corrected chi connectivity index (χ3v) is 3.41. The monoisotopic (exact) mass is 222 g/mol. The molecule has 1 aromatic heterocycles. The van der Waals surface area contributed by atoms with Gasteiger partial charge in [0.15, 0.2) is 0 Å². The van der Waals surface area contributed by atoms with Crippen LogP contribution < -0.4 is 5.73 Å². The summed E-state index contributed by atoms with van der Waals surface area (Å²) in [5.74, 6) is 0.989. The number of imidazole rings is 1. The maximum absolute atomic E-state index is 5.92. The topological polar surface area (TPSA) is 57.9 Å². The van der Waals surface area contributed by atoms with Gasteiger partial charge in [0, 0.05) is 12.2 Å². The molecule has 90 valence electrons. The van der Waals surface area contributed by atoms with E-state index >= 15 is 0 Å². The Kier molecular flexibility index (Phi) is 3.61. The van der Waals surface area contributed by atoms with E-state index in [9.17, 15) is 0 Å². The Morgan fingerprint density at radius 1 is 1.31 bits per heavy atom. The molecule has 3 N–H and O–H groups in total. The van der Waals surface area contributed by atoms with Gasteiger partial charge in [0.1, 0.15) is 5.82 Å². The van der Waals surface area contributed by atoms with Crippen molar-refractivity contribution in [2.24, 2.45) is 5.73 Å². The number of rotatable bonds is 3. The molecule has 1 saturated heterocycles. The number of piperidine rings is 1. The number of nitrogens with zero attached hydrogens (tertiary/aromatic N) is 2. The Labute approximate surface area is 97.2 Å². The lowest BCUT2D eigenvalue weighted by Gasteiger charge is -2.33. The van der Waals surface area contributed by atoms with E-state index in [0.717, 1.165) is 24.6 Å². The molecule has 4 heteroatoms. The van der Waals surface area contributed by atoms with Gasteiger partial charge in [-0.15, -0.1) is 0 Å². The Bertz CT molecular complexity index is 339. The van der Waals surface area contributed by atoms with Crippen molar-refractivity contribution in [1.29, 1.82) is 0 Å². The molecule has 1 aliphatic rings. The lowest BCUT2D eigenvalue weighted by Crippen LogP contribution is -2.38. The molecule has 0 aliphatic carbocycles. The van der Waals surface area contributed by atoms with Gasteiger partial charge < -0.3 is 10.7 Å². The first-order valence-corrected chi connectivity index (χ1v) is 6.19. The standard InChI is InChI=1S/C12H22N4/c1-9-12(15-10(2)14-9)11(8-13)16-6-4-3-5-7-16/h11H,3-8,13H2,1-2H3,(H,14,15). The smallest absolute Gasteiger partial charge is 0.103 e. The summed E-state index contributed by atoms with van der Waals surface area (Å²) in [6.45, 7) is 7.06. The number of hydrogen-bond donors (Lipinski definition) is 2. The molecule has 0 bridgehead atoms. The second-order valence-corrected chi connectivity index (χ2v) is 4.68. The van der Waals surface area contributed by atoms with Crippen LogP contribution in [0.4, 0.5) is 0 Å². The summed E-state index contributed by atoms with van der Waals surface area (Å²) in [6.07, 6.45) is 3.93. The fourth-order valence-corrected chi connectivity index (χ4v) is 2.62. The molecule has 1 fully saturated rings. The summed E-state index contributed by atoms with van der Waals surface area (Å²) in [4.78, 5) is 10.3. The van der Waals surface area contributed by atoms with Crippen LogP contribution in [-0.4, -0.2) is 34.5 Å². The number of nitrogens with one attached hydrogen (secondary N) is 1.